The fourth-order valence-corrected chi connectivity index (χ4v) is 1.39. The molecule has 15 heavy (non-hydrogen) atoms. The summed E-state index contributed by atoms with van der Waals surface area (Å²) in [6.07, 6.45) is 1.20. The highest BCUT2D eigenvalue weighted by Gasteiger charge is 2.04. The summed E-state index contributed by atoms with van der Waals surface area (Å²) in [6, 6.07) is 6.20. The minimum absolute atomic E-state index is 0.690. The fourth-order valence-electron chi connectivity index (χ4n) is 1.39. The molecule has 1 unspecified atom stereocenters. The molecule has 1 aromatic rings. The Hall–Kier alpha value is -1.18. The summed E-state index contributed by atoms with van der Waals surface area (Å²) in [4.78, 5) is 0. The van der Waals surface area contributed by atoms with E-state index in [2.05, 4.69) is 38.2 Å². The van der Waals surface area contributed by atoms with Crippen LogP contribution in [-0.4, -0.2) is 13.7 Å². The standard InChI is InChI=1S/C13H21NO/c1-5-10(2)9-14-12-8-11(3)6-7-13(12)15-4/h6-8,10,14H,5,9H2,1-4H3. The van der Waals surface area contributed by atoms with Crippen LogP contribution in [0.2, 0.25) is 0 Å². The first-order chi connectivity index (χ1) is 7.17. The lowest BCUT2D eigenvalue weighted by atomic mass is 10.1. The van der Waals surface area contributed by atoms with Crippen molar-refractivity contribution in [1.29, 1.82) is 0 Å². The fraction of sp³-hybridized carbons (Fsp3) is 0.538. The minimum atomic E-state index is 0.690. The number of rotatable bonds is 5. The summed E-state index contributed by atoms with van der Waals surface area (Å²) in [6.45, 7) is 7.54. The van der Waals surface area contributed by atoms with Crippen LogP contribution in [0.5, 0.6) is 5.75 Å². The monoisotopic (exact) mass is 207 g/mol. The quantitative estimate of drug-likeness (QED) is 0.798. The number of methoxy groups -OCH3 is 1. The highest BCUT2D eigenvalue weighted by Crippen LogP contribution is 2.25. The lowest BCUT2D eigenvalue weighted by molar-refractivity contribution is 0.416. The van der Waals surface area contributed by atoms with Gasteiger partial charge in [0.1, 0.15) is 5.75 Å². The second-order valence-corrected chi connectivity index (χ2v) is 4.10. The van der Waals surface area contributed by atoms with E-state index in [1.165, 1.54) is 12.0 Å². The average Bonchev–Trinajstić information content (AvgIpc) is 2.26. The van der Waals surface area contributed by atoms with Crippen molar-refractivity contribution < 1.29 is 4.74 Å². The number of nitrogens with one attached hydrogen (secondary N) is 1. The SMILES string of the molecule is CCC(C)CNc1cc(C)ccc1OC. The van der Waals surface area contributed by atoms with Crippen molar-refractivity contribution in [2.75, 3.05) is 19.0 Å². The first-order valence-electron chi connectivity index (χ1n) is 5.55. The molecule has 0 saturated heterocycles. The van der Waals surface area contributed by atoms with E-state index in [1.807, 2.05) is 6.07 Å². The van der Waals surface area contributed by atoms with E-state index < -0.39 is 0 Å². The molecule has 0 spiro atoms. The van der Waals surface area contributed by atoms with Crippen molar-refractivity contribution in [3.63, 3.8) is 0 Å². The molecule has 1 atom stereocenters. The second-order valence-electron chi connectivity index (χ2n) is 4.10. The Bertz CT molecular complexity index is 309. The summed E-state index contributed by atoms with van der Waals surface area (Å²) in [7, 11) is 1.71. The van der Waals surface area contributed by atoms with Gasteiger partial charge in [-0.3, -0.25) is 0 Å². The Labute approximate surface area is 92.6 Å². The van der Waals surface area contributed by atoms with E-state index in [1.54, 1.807) is 7.11 Å². The van der Waals surface area contributed by atoms with Crippen LogP contribution in [0, 0.1) is 12.8 Å². The van der Waals surface area contributed by atoms with Crippen LogP contribution in [0.25, 0.3) is 0 Å². The molecule has 1 rings (SSSR count). The molecule has 0 amide bonds. The predicted octanol–water partition coefficient (Wildman–Crippen LogP) is 3.46. The number of hydrogen-bond donors (Lipinski definition) is 1. The van der Waals surface area contributed by atoms with Gasteiger partial charge in [-0.2, -0.15) is 0 Å². The molecule has 0 aromatic heterocycles. The van der Waals surface area contributed by atoms with Gasteiger partial charge in [-0.1, -0.05) is 26.3 Å². The zero-order valence-electron chi connectivity index (χ0n) is 10.1. The van der Waals surface area contributed by atoms with E-state index in [0.717, 1.165) is 18.0 Å². The molecule has 0 fully saturated rings. The van der Waals surface area contributed by atoms with E-state index >= 15 is 0 Å². The molecule has 0 radical (unpaired) electrons. The molecular weight excluding hydrogens is 186 g/mol. The molecule has 0 aliphatic carbocycles. The van der Waals surface area contributed by atoms with E-state index in [9.17, 15) is 0 Å². The number of ether oxygens (including phenoxy) is 1. The van der Waals surface area contributed by atoms with Crippen molar-refractivity contribution in [2.24, 2.45) is 5.92 Å². The van der Waals surface area contributed by atoms with E-state index in [4.69, 9.17) is 4.74 Å². The molecule has 2 nitrogen and oxygen atoms in total. The van der Waals surface area contributed by atoms with Gasteiger partial charge in [-0.25, -0.2) is 0 Å². The number of aryl methyl sites for hydroxylation is 1. The van der Waals surface area contributed by atoms with Gasteiger partial charge in [0, 0.05) is 6.54 Å². The van der Waals surface area contributed by atoms with Crippen LogP contribution in [0.3, 0.4) is 0 Å². The van der Waals surface area contributed by atoms with Crippen molar-refractivity contribution in [2.45, 2.75) is 27.2 Å². The largest absolute Gasteiger partial charge is 0.495 e. The highest BCUT2D eigenvalue weighted by molar-refractivity contribution is 5.57. The van der Waals surface area contributed by atoms with Gasteiger partial charge in [0.15, 0.2) is 0 Å². The van der Waals surface area contributed by atoms with Gasteiger partial charge in [-0.05, 0) is 30.5 Å². The van der Waals surface area contributed by atoms with E-state index in [0.29, 0.717) is 5.92 Å². The van der Waals surface area contributed by atoms with Crippen LogP contribution in [-0.2, 0) is 0 Å². The van der Waals surface area contributed by atoms with Gasteiger partial charge < -0.3 is 10.1 Å². The summed E-state index contributed by atoms with van der Waals surface area (Å²) in [5, 5.41) is 3.43. The molecule has 0 saturated carbocycles. The van der Waals surface area contributed by atoms with Crippen molar-refractivity contribution in [3.05, 3.63) is 23.8 Å². The Morgan fingerprint density at radius 2 is 2.13 bits per heavy atom. The first-order valence-corrected chi connectivity index (χ1v) is 5.55. The van der Waals surface area contributed by atoms with Crippen LogP contribution in [0.15, 0.2) is 18.2 Å². The second kappa shape index (κ2) is 5.64. The van der Waals surface area contributed by atoms with E-state index in [-0.39, 0.29) is 0 Å². The van der Waals surface area contributed by atoms with Crippen LogP contribution >= 0.6 is 0 Å². The predicted molar refractivity (Wildman–Crippen MR) is 65.7 cm³/mol. The van der Waals surface area contributed by atoms with Gasteiger partial charge in [0.25, 0.3) is 0 Å². The van der Waals surface area contributed by atoms with Gasteiger partial charge in [-0.15, -0.1) is 0 Å². The lowest BCUT2D eigenvalue weighted by Crippen LogP contribution is -2.11. The van der Waals surface area contributed by atoms with Crippen LogP contribution in [0.1, 0.15) is 25.8 Å². The van der Waals surface area contributed by atoms with Crippen molar-refractivity contribution >= 4 is 5.69 Å². The zero-order chi connectivity index (χ0) is 11.3. The average molecular weight is 207 g/mol. The number of anilines is 1. The Morgan fingerprint density at radius 1 is 1.40 bits per heavy atom. The molecule has 0 heterocycles. The minimum Gasteiger partial charge on any atom is -0.495 e. The molecule has 0 aliphatic rings. The molecule has 84 valence electrons. The third-order valence-corrected chi connectivity index (χ3v) is 2.69. The topological polar surface area (TPSA) is 21.3 Å². The summed E-state index contributed by atoms with van der Waals surface area (Å²) >= 11 is 0. The Kier molecular flexibility index (Phi) is 4.47. The van der Waals surface area contributed by atoms with Gasteiger partial charge in [0.05, 0.1) is 12.8 Å². The van der Waals surface area contributed by atoms with Crippen molar-refractivity contribution in [3.8, 4) is 5.75 Å². The Balaban J connectivity index is 2.69. The van der Waals surface area contributed by atoms with Crippen LogP contribution < -0.4 is 10.1 Å². The van der Waals surface area contributed by atoms with Crippen molar-refractivity contribution in [1.82, 2.24) is 0 Å². The smallest absolute Gasteiger partial charge is 0.141 e. The number of hydrogen-bond acceptors (Lipinski definition) is 2. The summed E-state index contributed by atoms with van der Waals surface area (Å²) in [5.41, 5.74) is 2.35. The zero-order valence-corrected chi connectivity index (χ0v) is 10.1. The third kappa shape index (κ3) is 3.46. The highest BCUT2D eigenvalue weighted by atomic mass is 16.5. The molecule has 1 N–H and O–H groups in total. The third-order valence-electron chi connectivity index (χ3n) is 2.69. The maximum Gasteiger partial charge on any atom is 0.141 e. The Morgan fingerprint density at radius 3 is 2.73 bits per heavy atom. The molecule has 0 aliphatic heterocycles. The molecule has 0 bridgehead atoms. The first kappa shape index (κ1) is 11.9. The molecular formula is C13H21NO. The van der Waals surface area contributed by atoms with Gasteiger partial charge in [0.2, 0.25) is 0 Å². The molecule has 2 heteroatoms. The van der Waals surface area contributed by atoms with Crippen LogP contribution in [0.4, 0.5) is 5.69 Å². The maximum absolute atomic E-state index is 5.30. The van der Waals surface area contributed by atoms with Gasteiger partial charge >= 0.3 is 0 Å². The number of benzene rings is 1. The normalized spacial score (nSPS) is 12.3. The maximum atomic E-state index is 5.30. The summed E-state index contributed by atoms with van der Waals surface area (Å²) in [5.74, 6) is 1.61. The molecule has 1 aromatic carbocycles. The summed E-state index contributed by atoms with van der Waals surface area (Å²) < 4.78 is 5.30. The lowest BCUT2D eigenvalue weighted by Gasteiger charge is -2.14.